The zero-order valence-corrected chi connectivity index (χ0v) is 15.4. The molecule has 0 bridgehead atoms. The number of nitrogens with zero attached hydrogens (tertiary/aromatic N) is 4. The SMILES string of the molecule is Cc1cccc(CN2CCCC3(CC(CNc4ncccn4)CO3)C2)n1. The van der Waals surface area contributed by atoms with Gasteiger partial charge in [0.2, 0.25) is 5.95 Å². The number of anilines is 1. The van der Waals surface area contributed by atoms with Crippen LogP contribution in [0.5, 0.6) is 0 Å². The van der Waals surface area contributed by atoms with Gasteiger partial charge in [0.15, 0.2) is 0 Å². The van der Waals surface area contributed by atoms with Gasteiger partial charge < -0.3 is 10.1 Å². The number of rotatable bonds is 5. The fourth-order valence-corrected chi connectivity index (χ4v) is 4.22. The molecule has 26 heavy (non-hydrogen) atoms. The summed E-state index contributed by atoms with van der Waals surface area (Å²) in [5, 5.41) is 3.34. The Bertz CT molecular complexity index is 725. The highest BCUT2D eigenvalue weighted by Gasteiger charge is 2.43. The maximum absolute atomic E-state index is 6.33. The largest absolute Gasteiger partial charge is 0.373 e. The molecule has 2 saturated heterocycles. The summed E-state index contributed by atoms with van der Waals surface area (Å²) in [6, 6.07) is 8.10. The molecule has 2 aliphatic rings. The number of hydrogen-bond acceptors (Lipinski definition) is 6. The Labute approximate surface area is 155 Å². The van der Waals surface area contributed by atoms with Gasteiger partial charge in [-0.05, 0) is 50.9 Å². The Morgan fingerprint density at radius 2 is 2.15 bits per heavy atom. The van der Waals surface area contributed by atoms with E-state index in [4.69, 9.17) is 4.74 Å². The monoisotopic (exact) mass is 353 g/mol. The maximum Gasteiger partial charge on any atom is 0.222 e. The lowest BCUT2D eigenvalue weighted by Crippen LogP contribution is -2.47. The molecule has 4 rings (SSSR count). The zero-order chi connectivity index (χ0) is 17.8. The predicted octanol–water partition coefficient (Wildman–Crippen LogP) is 2.66. The predicted molar refractivity (Wildman–Crippen MR) is 101 cm³/mol. The van der Waals surface area contributed by atoms with Crippen molar-refractivity contribution < 1.29 is 4.74 Å². The highest BCUT2D eigenvalue weighted by atomic mass is 16.5. The van der Waals surface area contributed by atoms with Gasteiger partial charge >= 0.3 is 0 Å². The smallest absolute Gasteiger partial charge is 0.222 e. The second-order valence-corrected chi connectivity index (χ2v) is 7.60. The Morgan fingerprint density at radius 1 is 1.27 bits per heavy atom. The highest BCUT2D eigenvalue weighted by molar-refractivity contribution is 5.22. The lowest BCUT2D eigenvalue weighted by Gasteiger charge is -2.39. The first-order valence-electron chi connectivity index (χ1n) is 9.51. The molecule has 1 N–H and O–H groups in total. The van der Waals surface area contributed by atoms with Crippen LogP contribution in [0.25, 0.3) is 0 Å². The van der Waals surface area contributed by atoms with Crippen molar-refractivity contribution in [1.29, 1.82) is 0 Å². The van der Waals surface area contributed by atoms with Crippen LogP contribution in [0.1, 0.15) is 30.7 Å². The second kappa shape index (κ2) is 7.68. The molecule has 0 amide bonds. The quantitative estimate of drug-likeness (QED) is 0.892. The molecular formula is C20H27N5O. The van der Waals surface area contributed by atoms with Crippen LogP contribution in [0.2, 0.25) is 0 Å². The van der Waals surface area contributed by atoms with Crippen molar-refractivity contribution in [2.24, 2.45) is 5.92 Å². The van der Waals surface area contributed by atoms with E-state index in [0.29, 0.717) is 11.9 Å². The van der Waals surface area contributed by atoms with Gasteiger partial charge in [0.1, 0.15) is 0 Å². The van der Waals surface area contributed by atoms with Gasteiger partial charge in [-0.1, -0.05) is 6.07 Å². The normalized spacial score (nSPS) is 26.3. The average molecular weight is 353 g/mol. The molecule has 0 aromatic carbocycles. The van der Waals surface area contributed by atoms with Crippen LogP contribution < -0.4 is 5.32 Å². The van der Waals surface area contributed by atoms with Crippen molar-refractivity contribution in [3.63, 3.8) is 0 Å². The molecule has 1 spiro atoms. The molecule has 2 aliphatic heterocycles. The summed E-state index contributed by atoms with van der Waals surface area (Å²) >= 11 is 0. The first-order chi connectivity index (χ1) is 12.7. The van der Waals surface area contributed by atoms with Crippen molar-refractivity contribution in [2.45, 2.75) is 38.3 Å². The molecule has 2 aromatic heterocycles. The fraction of sp³-hybridized carbons (Fsp3) is 0.550. The van der Waals surface area contributed by atoms with Crippen LogP contribution in [-0.4, -0.2) is 51.7 Å². The van der Waals surface area contributed by atoms with Crippen LogP contribution in [0.3, 0.4) is 0 Å². The van der Waals surface area contributed by atoms with E-state index in [1.165, 1.54) is 6.42 Å². The first-order valence-corrected chi connectivity index (χ1v) is 9.51. The van der Waals surface area contributed by atoms with E-state index in [0.717, 1.165) is 57.0 Å². The molecule has 6 nitrogen and oxygen atoms in total. The summed E-state index contributed by atoms with van der Waals surface area (Å²) in [5.41, 5.74) is 2.24. The van der Waals surface area contributed by atoms with Crippen molar-refractivity contribution in [1.82, 2.24) is 19.9 Å². The Hall–Kier alpha value is -2.05. The van der Waals surface area contributed by atoms with Crippen molar-refractivity contribution >= 4 is 5.95 Å². The van der Waals surface area contributed by atoms with E-state index in [1.54, 1.807) is 12.4 Å². The van der Waals surface area contributed by atoms with E-state index in [2.05, 4.69) is 50.3 Å². The van der Waals surface area contributed by atoms with Crippen LogP contribution in [0.15, 0.2) is 36.7 Å². The third kappa shape index (κ3) is 4.19. The van der Waals surface area contributed by atoms with Crippen LogP contribution >= 0.6 is 0 Å². The summed E-state index contributed by atoms with van der Waals surface area (Å²) < 4.78 is 6.33. The minimum absolute atomic E-state index is 0.00592. The Balaban J connectivity index is 1.32. The Morgan fingerprint density at radius 3 is 3.00 bits per heavy atom. The molecule has 4 heterocycles. The van der Waals surface area contributed by atoms with E-state index in [-0.39, 0.29) is 5.60 Å². The topological polar surface area (TPSA) is 63.2 Å². The van der Waals surface area contributed by atoms with Crippen molar-refractivity contribution in [2.75, 3.05) is 31.6 Å². The number of aryl methyl sites for hydroxylation is 1. The molecule has 6 heteroatoms. The molecule has 138 valence electrons. The molecule has 2 fully saturated rings. The summed E-state index contributed by atoms with van der Waals surface area (Å²) in [6.45, 7) is 6.77. The molecule has 2 unspecified atom stereocenters. The summed E-state index contributed by atoms with van der Waals surface area (Å²) in [6.07, 6.45) is 6.97. The molecule has 2 aromatic rings. The molecule has 0 radical (unpaired) electrons. The van der Waals surface area contributed by atoms with Gasteiger partial charge in [-0.3, -0.25) is 9.88 Å². The van der Waals surface area contributed by atoms with Gasteiger partial charge in [-0.15, -0.1) is 0 Å². The van der Waals surface area contributed by atoms with E-state index in [1.807, 2.05) is 6.07 Å². The van der Waals surface area contributed by atoms with Gasteiger partial charge in [0, 0.05) is 43.6 Å². The second-order valence-electron chi connectivity index (χ2n) is 7.60. The zero-order valence-electron chi connectivity index (χ0n) is 15.4. The lowest BCUT2D eigenvalue weighted by molar-refractivity contribution is -0.0537. The molecule has 0 aliphatic carbocycles. The van der Waals surface area contributed by atoms with Crippen molar-refractivity contribution in [3.8, 4) is 0 Å². The molecule has 2 atom stereocenters. The first kappa shape index (κ1) is 17.4. The standard InChI is InChI=1S/C20H27N5O/c1-16-5-2-6-18(24-16)13-25-10-3-7-20(15-25)11-17(14-26-20)12-23-19-21-8-4-9-22-19/h2,4-6,8-9,17H,3,7,10-15H2,1H3,(H,21,22,23). The molecular weight excluding hydrogens is 326 g/mol. The Kier molecular flexibility index (Phi) is 5.13. The number of aromatic nitrogens is 3. The van der Waals surface area contributed by atoms with E-state index < -0.39 is 0 Å². The number of hydrogen-bond donors (Lipinski definition) is 1. The van der Waals surface area contributed by atoms with E-state index in [9.17, 15) is 0 Å². The summed E-state index contributed by atoms with van der Waals surface area (Å²) in [7, 11) is 0. The highest BCUT2D eigenvalue weighted by Crippen LogP contribution is 2.37. The minimum Gasteiger partial charge on any atom is -0.373 e. The molecule has 0 saturated carbocycles. The van der Waals surface area contributed by atoms with E-state index >= 15 is 0 Å². The van der Waals surface area contributed by atoms with Gasteiger partial charge in [-0.25, -0.2) is 9.97 Å². The number of likely N-dealkylation sites (tertiary alicyclic amines) is 1. The summed E-state index contributed by atoms with van der Waals surface area (Å²) in [5.74, 6) is 1.21. The third-order valence-corrected chi connectivity index (χ3v) is 5.35. The maximum atomic E-state index is 6.33. The minimum atomic E-state index is 0.00592. The van der Waals surface area contributed by atoms with Crippen molar-refractivity contribution in [3.05, 3.63) is 48.0 Å². The number of nitrogens with one attached hydrogen (secondary N) is 1. The van der Waals surface area contributed by atoms with Crippen LogP contribution in [0, 0.1) is 12.8 Å². The van der Waals surface area contributed by atoms with Crippen LogP contribution in [0.4, 0.5) is 5.95 Å². The van der Waals surface area contributed by atoms with Gasteiger partial charge in [0.25, 0.3) is 0 Å². The number of pyridine rings is 1. The lowest BCUT2D eigenvalue weighted by atomic mass is 9.86. The summed E-state index contributed by atoms with van der Waals surface area (Å²) in [4.78, 5) is 15.6. The number of ether oxygens (including phenoxy) is 1. The fourth-order valence-electron chi connectivity index (χ4n) is 4.22. The van der Waals surface area contributed by atoms with Gasteiger partial charge in [-0.2, -0.15) is 0 Å². The number of piperidine rings is 1. The van der Waals surface area contributed by atoms with Gasteiger partial charge in [0.05, 0.1) is 17.9 Å². The average Bonchev–Trinajstić information content (AvgIpc) is 3.03. The van der Waals surface area contributed by atoms with Crippen LogP contribution in [-0.2, 0) is 11.3 Å². The third-order valence-electron chi connectivity index (χ3n) is 5.35.